The van der Waals surface area contributed by atoms with Gasteiger partial charge in [0.05, 0.1) is 5.60 Å². The molecule has 0 aromatic carbocycles. The van der Waals surface area contributed by atoms with Crippen molar-refractivity contribution >= 4 is 5.78 Å². The van der Waals surface area contributed by atoms with Crippen molar-refractivity contribution in [3.05, 3.63) is 18.2 Å². The number of Topliss-reactive ketones (excluding diaryl/α,β-unsaturated/α-hetero) is 1. The minimum Gasteiger partial charge on any atom is -0.375 e. The summed E-state index contributed by atoms with van der Waals surface area (Å²) >= 11 is 0. The standard InChI is InChI=1S/C13H18N2O2/c16-11(12-14-6-7-15-12)10-3-8-17-13(9-10)4-1-2-5-13/h6-7,10H,1-5,8-9H2,(H,14,15). The highest BCUT2D eigenvalue weighted by molar-refractivity contribution is 5.94. The van der Waals surface area contributed by atoms with Crippen LogP contribution in [0.5, 0.6) is 0 Å². The monoisotopic (exact) mass is 234 g/mol. The molecular weight excluding hydrogens is 216 g/mol. The second-order valence-electron chi connectivity index (χ2n) is 5.23. The Kier molecular flexibility index (Phi) is 2.74. The number of aromatic amines is 1. The van der Waals surface area contributed by atoms with Gasteiger partial charge in [-0.3, -0.25) is 4.79 Å². The first kappa shape index (κ1) is 11.0. The fourth-order valence-electron chi connectivity index (χ4n) is 3.21. The van der Waals surface area contributed by atoms with Crippen molar-refractivity contribution in [1.29, 1.82) is 0 Å². The van der Waals surface area contributed by atoms with Crippen LogP contribution in [0.4, 0.5) is 0 Å². The lowest BCUT2D eigenvalue weighted by Crippen LogP contribution is -2.40. The predicted octanol–water partition coefficient (Wildman–Crippen LogP) is 2.33. The van der Waals surface area contributed by atoms with E-state index in [4.69, 9.17) is 4.74 Å². The van der Waals surface area contributed by atoms with E-state index in [-0.39, 0.29) is 17.3 Å². The summed E-state index contributed by atoms with van der Waals surface area (Å²) in [4.78, 5) is 19.2. The van der Waals surface area contributed by atoms with Crippen LogP contribution < -0.4 is 0 Å². The Morgan fingerprint density at radius 3 is 3.00 bits per heavy atom. The third-order valence-electron chi connectivity index (χ3n) is 4.11. The lowest BCUT2D eigenvalue weighted by molar-refractivity contribution is -0.0867. The molecule has 1 spiro atoms. The summed E-state index contributed by atoms with van der Waals surface area (Å²) in [6.07, 6.45) is 9.77. The fraction of sp³-hybridized carbons (Fsp3) is 0.692. The maximum atomic E-state index is 12.3. The number of nitrogens with one attached hydrogen (secondary N) is 1. The quantitative estimate of drug-likeness (QED) is 0.799. The first-order valence-electron chi connectivity index (χ1n) is 6.47. The Bertz CT molecular complexity index is 394. The lowest BCUT2D eigenvalue weighted by Gasteiger charge is -2.37. The Balaban J connectivity index is 1.73. The number of H-pyrrole nitrogens is 1. The smallest absolute Gasteiger partial charge is 0.201 e. The van der Waals surface area contributed by atoms with Gasteiger partial charge in [-0.05, 0) is 25.7 Å². The molecule has 4 heteroatoms. The second-order valence-corrected chi connectivity index (χ2v) is 5.23. The van der Waals surface area contributed by atoms with Crippen LogP contribution in [0.2, 0.25) is 0 Å². The Labute approximate surface area is 101 Å². The van der Waals surface area contributed by atoms with Crippen molar-refractivity contribution < 1.29 is 9.53 Å². The first-order valence-corrected chi connectivity index (χ1v) is 6.47. The van der Waals surface area contributed by atoms with Crippen LogP contribution in [0.15, 0.2) is 12.4 Å². The zero-order valence-electron chi connectivity index (χ0n) is 9.95. The zero-order valence-corrected chi connectivity index (χ0v) is 9.95. The van der Waals surface area contributed by atoms with Crippen molar-refractivity contribution in [2.75, 3.05) is 6.61 Å². The number of ketones is 1. The van der Waals surface area contributed by atoms with Gasteiger partial charge in [-0.25, -0.2) is 4.98 Å². The van der Waals surface area contributed by atoms with E-state index < -0.39 is 0 Å². The van der Waals surface area contributed by atoms with E-state index in [0.717, 1.165) is 32.3 Å². The number of rotatable bonds is 2. The zero-order chi connectivity index (χ0) is 11.7. The number of hydrogen-bond donors (Lipinski definition) is 1. The Hall–Kier alpha value is -1.16. The number of carbonyl (C=O) groups is 1. The highest BCUT2D eigenvalue weighted by Crippen LogP contribution is 2.42. The molecule has 92 valence electrons. The van der Waals surface area contributed by atoms with E-state index in [2.05, 4.69) is 9.97 Å². The van der Waals surface area contributed by atoms with E-state index in [1.165, 1.54) is 12.8 Å². The van der Waals surface area contributed by atoms with Gasteiger partial charge in [0.1, 0.15) is 0 Å². The van der Waals surface area contributed by atoms with Gasteiger partial charge >= 0.3 is 0 Å². The summed E-state index contributed by atoms with van der Waals surface area (Å²) in [5, 5.41) is 0. The van der Waals surface area contributed by atoms with E-state index in [1.54, 1.807) is 12.4 Å². The van der Waals surface area contributed by atoms with Gasteiger partial charge in [-0.2, -0.15) is 0 Å². The molecule has 1 aliphatic heterocycles. The van der Waals surface area contributed by atoms with Crippen LogP contribution in [-0.2, 0) is 4.74 Å². The normalized spacial score (nSPS) is 27.4. The molecular formula is C13H18N2O2. The Morgan fingerprint density at radius 1 is 1.47 bits per heavy atom. The topological polar surface area (TPSA) is 55.0 Å². The largest absolute Gasteiger partial charge is 0.375 e. The maximum Gasteiger partial charge on any atom is 0.201 e. The third kappa shape index (κ3) is 2.02. The van der Waals surface area contributed by atoms with Gasteiger partial charge in [0.2, 0.25) is 5.78 Å². The molecule has 1 atom stereocenters. The molecule has 2 aliphatic rings. The van der Waals surface area contributed by atoms with Crippen molar-refractivity contribution in [3.63, 3.8) is 0 Å². The van der Waals surface area contributed by atoms with Gasteiger partial charge in [0, 0.05) is 24.9 Å². The molecule has 1 aromatic rings. The van der Waals surface area contributed by atoms with Crippen LogP contribution in [0.3, 0.4) is 0 Å². The summed E-state index contributed by atoms with van der Waals surface area (Å²) in [5.41, 5.74) is 0.00513. The number of ether oxygens (including phenoxy) is 1. The van der Waals surface area contributed by atoms with Crippen molar-refractivity contribution in [2.24, 2.45) is 5.92 Å². The predicted molar refractivity (Wildman–Crippen MR) is 62.8 cm³/mol. The summed E-state index contributed by atoms with van der Waals surface area (Å²) in [7, 11) is 0. The van der Waals surface area contributed by atoms with E-state index in [1.807, 2.05) is 0 Å². The minimum absolute atomic E-state index is 0.00513. The van der Waals surface area contributed by atoms with Gasteiger partial charge in [-0.1, -0.05) is 12.8 Å². The molecule has 1 aliphatic carbocycles. The number of aromatic nitrogens is 2. The van der Waals surface area contributed by atoms with Gasteiger partial charge in [-0.15, -0.1) is 0 Å². The van der Waals surface area contributed by atoms with Crippen molar-refractivity contribution in [2.45, 2.75) is 44.1 Å². The first-order chi connectivity index (χ1) is 8.29. The third-order valence-corrected chi connectivity index (χ3v) is 4.11. The fourth-order valence-corrected chi connectivity index (χ4v) is 3.21. The Morgan fingerprint density at radius 2 is 2.29 bits per heavy atom. The van der Waals surface area contributed by atoms with E-state index >= 15 is 0 Å². The highest BCUT2D eigenvalue weighted by atomic mass is 16.5. The number of imidazole rings is 1. The molecule has 2 fully saturated rings. The van der Waals surface area contributed by atoms with Crippen LogP contribution in [-0.4, -0.2) is 28.0 Å². The molecule has 2 heterocycles. The second kappa shape index (κ2) is 4.26. The average Bonchev–Trinajstić information content (AvgIpc) is 3.00. The van der Waals surface area contributed by atoms with Crippen LogP contribution in [0, 0.1) is 5.92 Å². The molecule has 17 heavy (non-hydrogen) atoms. The number of carbonyl (C=O) groups excluding carboxylic acids is 1. The summed E-state index contributed by atoms with van der Waals surface area (Å²) in [6, 6.07) is 0. The molecule has 3 rings (SSSR count). The summed E-state index contributed by atoms with van der Waals surface area (Å²) < 4.78 is 5.94. The van der Waals surface area contributed by atoms with E-state index in [0.29, 0.717) is 5.82 Å². The van der Waals surface area contributed by atoms with Crippen molar-refractivity contribution in [1.82, 2.24) is 9.97 Å². The summed E-state index contributed by atoms with van der Waals surface area (Å²) in [5.74, 6) is 0.752. The molecule has 1 aromatic heterocycles. The van der Waals surface area contributed by atoms with Crippen molar-refractivity contribution in [3.8, 4) is 0 Å². The molecule has 0 radical (unpaired) electrons. The molecule has 4 nitrogen and oxygen atoms in total. The van der Waals surface area contributed by atoms with E-state index in [9.17, 15) is 4.79 Å². The van der Waals surface area contributed by atoms with Crippen LogP contribution in [0.25, 0.3) is 0 Å². The molecule has 1 N–H and O–H groups in total. The lowest BCUT2D eigenvalue weighted by atomic mass is 9.82. The highest BCUT2D eigenvalue weighted by Gasteiger charge is 2.42. The van der Waals surface area contributed by atoms with Gasteiger partial charge < -0.3 is 9.72 Å². The molecule has 1 unspecified atom stereocenters. The van der Waals surface area contributed by atoms with Crippen LogP contribution >= 0.6 is 0 Å². The maximum absolute atomic E-state index is 12.3. The molecule has 1 saturated carbocycles. The van der Waals surface area contributed by atoms with Crippen LogP contribution in [0.1, 0.15) is 49.1 Å². The molecule has 1 saturated heterocycles. The van der Waals surface area contributed by atoms with Gasteiger partial charge in [0.15, 0.2) is 5.82 Å². The molecule has 0 bridgehead atoms. The average molecular weight is 234 g/mol. The number of hydrogen-bond acceptors (Lipinski definition) is 3. The summed E-state index contributed by atoms with van der Waals surface area (Å²) in [6.45, 7) is 0.719. The minimum atomic E-state index is 0.00513. The molecule has 0 amide bonds. The number of nitrogens with zero attached hydrogens (tertiary/aromatic N) is 1. The SMILES string of the molecule is O=C(c1ncc[nH]1)C1CCOC2(CCCC2)C1. The van der Waals surface area contributed by atoms with Gasteiger partial charge in [0.25, 0.3) is 0 Å².